The first kappa shape index (κ1) is 19.2. The van der Waals surface area contributed by atoms with E-state index in [1.54, 1.807) is 17.2 Å². The Morgan fingerprint density at radius 3 is 2.86 bits per heavy atom. The molecule has 152 valence electrons. The summed E-state index contributed by atoms with van der Waals surface area (Å²) in [5.41, 5.74) is 1.83. The summed E-state index contributed by atoms with van der Waals surface area (Å²) in [6.07, 6.45) is 2.58. The zero-order valence-corrected chi connectivity index (χ0v) is 16.7. The average Bonchev–Trinajstić information content (AvgIpc) is 3.41. The van der Waals surface area contributed by atoms with E-state index in [1.807, 2.05) is 30.3 Å². The van der Waals surface area contributed by atoms with E-state index >= 15 is 0 Å². The third-order valence-corrected chi connectivity index (χ3v) is 5.27. The van der Waals surface area contributed by atoms with Crippen molar-refractivity contribution < 1.29 is 14.0 Å². The number of fused-ring (bicyclic) bond motifs is 1. The van der Waals surface area contributed by atoms with Crippen LogP contribution >= 0.6 is 0 Å². The molecule has 2 aromatic heterocycles. The first-order valence-corrected chi connectivity index (χ1v) is 10.0. The van der Waals surface area contributed by atoms with Gasteiger partial charge in [0.25, 0.3) is 0 Å². The monoisotopic (exact) mass is 394 g/mol. The Bertz CT molecular complexity index is 960. The molecule has 0 aliphatic carbocycles. The molecule has 1 aliphatic heterocycles. The smallest absolute Gasteiger partial charge is 0.226 e. The van der Waals surface area contributed by atoms with Crippen LogP contribution in [0.25, 0.3) is 11.0 Å². The van der Waals surface area contributed by atoms with E-state index in [4.69, 9.17) is 4.42 Å². The molecule has 0 saturated carbocycles. The standard InChI is InChI=1S/C22H26N4O3/c1-14(2)10-19(21-23-17-7-3-4-8-18(17)24-21)25-22(28)15-11-20(27)26(12-15)13-16-6-5-9-29-16/h3-9,14-15,19H,10-13H2,1-2H3,(H,23,24)(H,25,28)/t15-,19+/m1/s1. The molecule has 1 aromatic carbocycles. The van der Waals surface area contributed by atoms with E-state index in [2.05, 4.69) is 29.1 Å². The molecule has 1 aliphatic rings. The summed E-state index contributed by atoms with van der Waals surface area (Å²) in [4.78, 5) is 35.0. The van der Waals surface area contributed by atoms with Gasteiger partial charge in [-0.15, -0.1) is 0 Å². The molecule has 1 saturated heterocycles. The van der Waals surface area contributed by atoms with Gasteiger partial charge >= 0.3 is 0 Å². The molecule has 2 amide bonds. The molecule has 0 spiro atoms. The fourth-order valence-corrected chi connectivity index (χ4v) is 3.83. The van der Waals surface area contributed by atoms with Crippen LogP contribution in [0.1, 0.15) is 44.3 Å². The minimum Gasteiger partial charge on any atom is -0.467 e. The molecular weight excluding hydrogens is 368 g/mol. The Hall–Kier alpha value is -3.09. The molecule has 3 aromatic rings. The first-order chi connectivity index (χ1) is 14.0. The van der Waals surface area contributed by atoms with Crippen LogP contribution < -0.4 is 5.32 Å². The molecule has 0 bridgehead atoms. The fraction of sp³-hybridized carbons (Fsp3) is 0.409. The lowest BCUT2D eigenvalue weighted by Gasteiger charge is -2.21. The summed E-state index contributed by atoms with van der Waals surface area (Å²) in [6.45, 7) is 5.03. The molecule has 7 nitrogen and oxygen atoms in total. The number of furan rings is 1. The van der Waals surface area contributed by atoms with Crippen LogP contribution in [0.2, 0.25) is 0 Å². The van der Waals surface area contributed by atoms with Crippen molar-refractivity contribution >= 4 is 22.8 Å². The largest absolute Gasteiger partial charge is 0.467 e. The summed E-state index contributed by atoms with van der Waals surface area (Å²) >= 11 is 0. The van der Waals surface area contributed by atoms with Crippen molar-refractivity contribution in [3.8, 4) is 0 Å². The summed E-state index contributed by atoms with van der Waals surface area (Å²) in [5.74, 6) is 1.37. The highest BCUT2D eigenvalue weighted by atomic mass is 16.3. The van der Waals surface area contributed by atoms with Gasteiger partial charge < -0.3 is 19.6 Å². The molecule has 0 radical (unpaired) electrons. The van der Waals surface area contributed by atoms with E-state index in [0.717, 1.165) is 29.0 Å². The Morgan fingerprint density at radius 2 is 2.14 bits per heavy atom. The average molecular weight is 394 g/mol. The number of hydrogen-bond acceptors (Lipinski definition) is 4. The number of nitrogens with one attached hydrogen (secondary N) is 2. The van der Waals surface area contributed by atoms with Gasteiger partial charge in [-0.2, -0.15) is 0 Å². The molecule has 1 fully saturated rings. The van der Waals surface area contributed by atoms with Gasteiger partial charge in [0, 0.05) is 13.0 Å². The van der Waals surface area contributed by atoms with Crippen LogP contribution in [-0.4, -0.2) is 33.2 Å². The van der Waals surface area contributed by atoms with Crippen LogP contribution in [0, 0.1) is 11.8 Å². The van der Waals surface area contributed by atoms with Crippen LogP contribution in [0.5, 0.6) is 0 Å². The van der Waals surface area contributed by atoms with E-state index in [9.17, 15) is 9.59 Å². The van der Waals surface area contributed by atoms with Crippen molar-refractivity contribution in [2.45, 2.75) is 39.3 Å². The Morgan fingerprint density at radius 1 is 1.31 bits per heavy atom. The van der Waals surface area contributed by atoms with E-state index in [-0.39, 0.29) is 30.2 Å². The molecule has 2 N–H and O–H groups in total. The van der Waals surface area contributed by atoms with Gasteiger partial charge in [-0.1, -0.05) is 26.0 Å². The first-order valence-electron chi connectivity index (χ1n) is 10.0. The summed E-state index contributed by atoms with van der Waals surface area (Å²) in [7, 11) is 0. The van der Waals surface area contributed by atoms with Gasteiger partial charge in [0.2, 0.25) is 11.8 Å². The van der Waals surface area contributed by atoms with Crippen molar-refractivity contribution in [1.29, 1.82) is 0 Å². The summed E-state index contributed by atoms with van der Waals surface area (Å²) in [5, 5.41) is 3.13. The molecule has 0 unspecified atom stereocenters. The predicted octanol–water partition coefficient (Wildman–Crippen LogP) is 3.41. The second kappa shape index (κ2) is 8.11. The number of amides is 2. The predicted molar refractivity (Wildman–Crippen MR) is 109 cm³/mol. The number of hydrogen-bond donors (Lipinski definition) is 2. The van der Waals surface area contributed by atoms with Gasteiger partial charge in [0.1, 0.15) is 11.6 Å². The number of carbonyl (C=O) groups is 2. The number of imidazole rings is 1. The summed E-state index contributed by atoms with van der Waals surface area (Å²) < 4.78 is 5.33. The minimum absolute atomic E-state index is 0.0225. The van der Waals surface area contributed by atoms with Gasteiger partial charge in [0.05, 0.1) is 35.8 Å². The van der Waals surface area contributed by atoms with Crippen LogP contribution in [0.4, 0.5) is 0 Å². The zero-order chi connectivity index (χ0) is 20.4. The van der Waals surface area contributed by atoms with Gasteiger partial charge in [-0.25, -0.2) is 4.98 Å². The lowest BCUT2D eigenvalue weighted by molar-refractivity contribution is -0.129. The third kappa shape index (κ3) is 4.34. The number of H-pyrrole nitrogens is 1. The second-order valence-corrected chi connectivity index (χ2v) is 8.08. The van der Waals surface area contributed by atoms with Crippen molar-refractivity contribution in [1.82, 2.24) is 20.2 Å². The van der Waals surface area contributed by atoms with Gasteiger partial charge in [0.15, 0.2) is 0 Å². The number of carbonyl (C=O) groups excluding carboxylic acids is 2. The van der Waals surface area contributed by atoms with Crippen LogP contribution in [0.3, 0.4) is 0 Å². The number of aromatic nitrogens is 2. The minimum atomic E-state index is -0.364. The highest BCUT2D eigenvalue weighted by Crippen LogP contribution is 2.25. The normalized spacial score (nSPS) is 18.0. The highest BCUT2D eigenvalue weighted by molar-refractivity contribution is 5.89. The van der Waals surface area contributed by atoms with Crippen molar-refractivity contribution in [3.63, 3.8) is 0 Å². The second-order valence-electron chi connectivity index (χ2n) is 8.08. The third-order valence-electron chi connectivity index (χ3n) is 5.27. The molecule has 2 atom stereocenters. The number of likely N-dealkylation sites (tertiary alicyclic amines) is 1. The number of para-hydroxylation sites is 2. The maximum Gasteiger partial charge on any atom is 0.226 e. The zero-order valence-electron chi connectivity index (χ0n) is 16.7. The molecule has 4 rings (SSSR count). The molecular formula is C22H26N4O3. The quantitative estimate of drug-likeness (QED) is 0.642. The number of aromatic amines is 1. The number of benzene rings is 1. The number of nitrogens with zero attached hydrogens (tertiary/aromatic N) is 2. The van der Waals surface area contributed by atoms with Gasteiger partial charge in [-0.05, 0) is 36.6 Å². The van der Waals surface area contributed by atoms with Gasteiger partial charge in [-0.3, -0.25) is 9.59 Å². The Balaban J connectivity index is 1.46. The lowest BCUT2D eigenvalue weighted by atomic mass is 10.0. The number of rotatable bonds is 7. The SMILES string of the molecule is CC(C)C[C@H](NC(=O)[C@@H]1CC(=O)N(Cc2ccco2)C1)c1nc2ccccc2[nH]1. The Labute approximate surface area is 169 Å². The van der Waals surface area contributed by atoms with E-state index < -0.39 is 0 Å². The Kier molecular flexibility index (Phi) is 5.38. The molecule has 3 heterocycles. The highest BCUT2D eigenvalue weighted by Gasteiger charge is 2.35. The fourth-order valence-electron chi connectivity index (χ4n) is 3.83. The lowest BCUT2D eigenvalue weighted by Crippen LogP contribution is -2.36. The maximum atomic E-state index is 13.0. The van der Waals surface area contributed by atoms with E-state index in [0.29, 0.717) is 19.0 Å². The summed E-state index contributed by atoms with van der Waals surface area (Å²) in [6, 6.07) is 11.2. The molecule has 7 heteroatoms. The van der Waals surface area contributed by atoms with E-state index in [1.165, 1.54) is 0 Å². The van der Waals surface area contributed by atoms with Crippen molar-refractivity contribution in [3.05, 3.63) is 54.2 Å². The van der Waals surface area contributed by atoms with Crippen molar-refractivity contribution in [2.75, 3.05) is 6.54 Å². The molecule has 29 heavy (non-hydrogen) atoms. The maximum absolute atomic E-state index is 13.0. The van der Waals surface area contributed by atoms with Crippen molar-refractivity contribution in [2.24, 2.45) is 11.8 Å². The van der Waals surface area contributed by atoms with Crippen LogP contribution in [0.15, 0.2) is 47.1 Å². The topological polar surface area (TPSA) is 91.2 Å². The van der Waals surface area contributed by atoms with Crippen LogP contribution in [-0.2, 0) is 16.1 Å².